The monoisotopic (exact) mass is 1050 g/mol. The molecule has 6 nitrogen and oxygen atoms in total. The molecule has 0 aromatic heterocycles. The van der Waals surface area contributed by atoms with Crippen LogP contribution in [0.2, 0.25) is 0 Å². The molecular weight excluding hydrogens is 925 g/mol. The molecule has 0 aliphatic heterocycles. The number of carbonyl (C=O) groups is 3. The molecule has 0 heterocycles. The van der Waals surface area contributed by atoms with Crippen LogP contribution in [0.5, 0.6) is 0 Å². The Bertz CT molecular complexity index is 1390. The van der Waals surface area contributed by atoms with Gasteiger partial charge in [-0.1, -0.05) is 273 Å². The van der Waals surface area contributed by atoms with Crippen LogP contribution in [-0.2, 0) is 28.6 Å². The van der Waals surface area contributed by atoms with Gasteiger partial charge in [0.2, 0.25) is 0 Å². The summed E-state index contributed by atoms with van der Waals surface area (Å²) >= 11 is 0. The van der Waals surface area contributed by atoms with Crippen molar-refractivity contribution in [3.63, 3.8) is 0 Å². The highest BCUT2D eigenvalue weighted by Gasteiger charge is 2.19. The van der Waals surface area contributed by atoms with Crippen LogP contribution in [-0.4, -0.2) is 37.2 Å². The Morgan fingerprint density at radius 3 is 0.827 bits per heavy atom. The van der Waals surface area contributed by atoms with E-state index in [0.29, 0.717) is 19.3 Å². The highest BCUT2D eigenvalue weighted by atomic mass is 16.6. The van der Waals surface area contributed by atoms with E-state index < -0.39 is 6.10 Å². The van der Waals surface area contributed by atoms with E-state index in [0.717, 1.165) is 89.9 Å². The molecule has 0 aromatic carbocycles. The average molecular weight is 1050 g/mol. The number of esters is 3. The lowest BCUT2D eigenvalue weighted by Gasteiger charge is -2.18. The van der Waals surface area contributed by atoms with Gasteiger partial charge in [0.15, 0.2) is 6.10 Å². The number of carbonyl (C=O) groups excluding carboxylic acids is 3. The third-order valence-electron chi connectivity index (χ3n) is 14.2. The van der Waals surface area contributed by atoms with E-state index in [1.54, 1.807) is 0 Å². The van der Waals surface area contributed by atoms with Gasteiger partial charge in [0.25, 0.3) is 0 Å². The third-order valence-corrected chi connectivity index (χ3v) is 14.2. The largest absolute Gasteiger partial charge is 0.462 e. The Balaban J connectivity index is 4.36. The second-order valence-corrected chi connectivity index (χ2v) is 21.6. The summed E-state index contributed by atoms with van der Waals surface area (Å²) in [7, 11) is 0. The zero-order valence-corrected chi connectivity index (χ0v) is 49.8. The summed E-state index contributed by atoms with van der Waals surface area (Å²) < 4.78 is 16.9. The second-order valence-electron chi connectivity index (χ2n) is 21.6. The molecule has 0 radical (unpaired) electrons. The van der Waals surface area contributed by atoms with Crippen molar-refractivity contribution in [3.05, 3.63) is 72.9 Å². The minimum absolute atomic E-state index is 0.0803. The maximum Gasteiger partial charge on any atom is 0.306 e. The van der Waals surface area contributed by atoms with Crippen LogP contribution in [0.4, 0.5) is 0 Å². The highest BCUT2D eigenvalue weighted by molar-refractivity contribution is 5.71. The normalized spacial score (nSPS) is 12.5. The molecular formula is C69H122O6. The van der Waals surface area contributed by atoms with Gasteiger partial charge in [0, 0.05) is 19.3 Å². The summed E-state index contributed by atoms with van der Waals surface area (Å²) in [6, 6.07) is 0. The fourth-order valence-corrected chi connectivity index (χ4v) is 9.31. The molecule has 0 saturated carbocycles. The lowest BCUT2D eigenvalue weighted by atomic mass is 10.1. The molecule has 0 aromatic rings. The predicted molar refractivity (Wildman–Crippen MR) is 325 cm³/mol. The molecule has 0 aliphatic carbocycles. The Morgan fingerprint density at radius 2 is 0.520 bits per heavy atom. The van der Waals surface area contributed by atoms with E-state index in [1.165, 1.54) is 199 Å². The Labute approximate surface area is 465 Å². The average Bonchev–Trinajstić information content (AvgIpc) is 3.41. The van der Waals surface area contributed by atoms with E-state index >= 15 is 0 Å². The fraction of sp³-hybridized carbons (Fsp3) is 0.783. The lowest BCUT2D eigenvalue weighted by molar-refractivity contribution is -0.167. The van der Waals surface area contributed by atoms with Crippen molar-refractivity contribution in [2.75, 3.05) is 13.2 Å². The van der Waals surface area contributed by atoms with Crippen LogP contribution < -0.4 is 0 Å². The molecule has 0 saturated heterocycles. The van der Waals surface area contributed by atoms with E-state index in [4.69, 9.17) is 14.2 Å². The molecule has 1 unspecified atom stereocenters. The van der Waals surface area contributed by atoms with Crippen molar-refractivity contribution in [2.24, 2.45) is 0 Å². The van der Waals surface area contributed by atoms with Crippen LogP contribution in [0.3, 0.4) is 0 Å². The molecule has 0 rings (SSSR count). The van der Waals surface area contributed by atoms with Gasteiger partial charge in [-0.2, -0.15) is 0 Å². The number of hydrogen-bond donors (Lipinski definition) is 0. The first-order valence-corrected chi connectivity index (χ1v) is 32.4. The van der Waals surface area contributed by atoms with Gasteiger partial charge in [0.1, 0.15) is 13.2 Å². The molecule has 434 valence electrons. The quantitative estimate of drug-likeness (QED) is 0.0261. The summed E-state index contributed by atoms with van der Waals surface area (Å²) in [6.07, 6.45) is 81.9. The minimum Gasteiger partial charge on any atom is -0.462 e. The first-order chi connectivity index (χ1) is 37.0. The number of allylic oxidation sites excluding steroid dienone is 12. The zero-order chi connectivity index (χ0) is 54.3. The first-order valence-electron chi connectivity index (χ1n) is 32.4. The van der Waals surface area contributed by atoms with E-state index in [2.05, 4.69) is 93.7 Å². The van der Waals surface area contributed by atoms with Crippen LogP contribution in [0.1, 0.15) is 329 Å². The maximum absolute atomic E-state index is 12.9. The van der Waals surface area contributed by atoms with E-state index in [1.807, 2.05) is 0 Å². The topological polar surface area (TPSA) is 78.9 Å². The Morgan fingerprint density at radius 1 is 0.280 bits per heavy atom. The van der Waals surface area contributed by atoms with Crippen LogP contribution in [0, 0.1) is 0 Å². The third kappa shape index (κ3) is 61.6. The Kier molecular flexibility index (Phi) is 60.7. The molecule has 0 N–H and O–H groups in total. The Hall–Kier alpha value is -3.15. The van der Waals surface area contributed by atoms with Crippen molar-refractivity contribution in [1.29, 1.82) is 0 Å². The van der Waals surface area contributed by atoms with Gasteiger partial charge in [-0.25, -0.2) is 0 Å². The SMILES string of the molecule is CC/C=C\C/C=C\C/C=C\C/C=C\CCCCCCCCCCCCC(=O)OCC(COC(=O)CCCCCCC/C=C\CCCCCCCCC)OC(=O)CCCCCCCCC/C=C\CCCCCCCCC. The maximum atomic E-state index is 12.9. The van der Waals surface area contributed by atoms with Gasteiger partial charge in [-0.05, 0) is 109 Å². The number of rotatable bonds is 59. The van der Waals surface area contributed by atoms with Crippen molar-refractivity contribution in [3.8, 4) is 0 Å². The van der Waals surface area contributed by atoms with Crippen molar-refractivity contribution in [1.82, 2.24) is 0 Å². The van der Waals surface area contributed by atoms with Crippen molar-refractivity contribution in [2.45, 2.75) is 335 Å². The highest BCUT2D eigenvalue weighted by Crippen LogP contribution is 2.16. The molecule has 6 heteroatoms. The summed E-state index contributed by atoms with van der Waals surface area (Å²) in [5.74, 6) is -0.881. The standard InChI is InChI=1S/C69H122O6/c1-4-7-10-13-16-19-22-25-28-31-33-34-35-36-37-39-41-44-47-50-53-56-59-62-68(71)74-65-66(64-73-67(70)61-58-55-52-49-46-43-40-30-27-24-21-18-15-12-9-6-3)75-69(72)63-60-57-54-51-48-45-42-38-32-29-26-23-20-17-14-11-8-5-2/h7,10,16,19,25,28-30,32-34,40,66H,4-6,8-9,11-15,17-18,20-24,26-27,31,35-39,41-65H2,1-3H3/b10-7-,19-16-,28-25-,32-29-,34-33-,40-30-. The van der Waals surface area contributed by atoms with Gasteiger partial charge < -0.3 is 14.2 Å². The molecule has 0 fully saturated rings. The number of unbranched alkanes of at least 4 members (excludes halogenated alkanes) is 36. The number of hydrogen-bond acceptors (Lipinski definition) is 6. The van der Waals surface area contributed by atoms with Crippen LogP contribution in [0.15, 0.2) is 72.9 Å². The van der Waals surface area contributed by atoms with Gasteiger partial charge >= 0.3 is 17.9 Å². The minimum atomic E-state index is -0.784. The summed E-state index contributed by atoms with van der Waals surface area (Å²) in [6.45, 7) is 6.55. The molecule has 0 amide bonds. The summed E-state index contributed by atoms with van der Waals surface area (Å²) in [5, 5.41) is 0. The molecule has 1 atom stereocenters. The molecule has 75 heavy (non-hydrogen) atoms. The second kappa shape index (κ2) is 63.4. The van der Waals surface area contributed by atoms with Crippen molar-refractivity contribution < 1.29 is 28.6 Å². The lowest BCUT2D eigenvalue weighted by Crippen LogP contribution is -2.30. The van der Waals surface area contributed by atoms with E-state index in [-0.39, 0.29) is 31.1 Å². The van der Waals surface area contributed by atoms with Gasteiger partial charge in [-0.3, -0.25) is 14.4 Å². The smallest absolute Gasteiger partial charge is 0.306 e. The summed E-state index contributed by atoms with van der Waals surface area (Å²) in [4.78, 5) is 38.3. The van der Waals surface area contributed by atoms with Crippen LogP contribution >= 0.6 is 0 Å². The molecule has 0 aliphatic rings. The summed E-state index contributed by atoms with van der Waals surface area (Å²) in [5.41, 5.74) is 0. The predicted octanol–water partition coefficient (Wildman–Crippen LogP) is 22.1. The molecule has 0 bridgehead atoms. The van der Waals surface area contributed by atoms with Gasteiger partial charge in [0.05, 0.1) is 0 Å². The first kappa shape index (κ1) is 71.8. The van der Waals surface area contributed by atoms with E-state index in [9.17, 15) is 14.4 Å². The van der Waals surface area contributed by atoms with Gasteiger partial charge in [-0.15, -0.1) is 0 Å². The fourth-order valence-electron chi connectivity index (χ4n) is 9.31. The number of ether oxygens (including phenoxy) is 3. The van der Waals surface area contributed by atoms with Crippen LogP contribution in [0.25, 0.3) is 0 Å². The van der Waals surface area contributed by atoms with Crippen molar-refractivity contribution >= 4 is 17.9 Å². The molecule has 0 spiro atoms. The zero-order valence-electron chi connectivity index (χ0n) is 49.8.